The van der Waals surface area contributed by atoms with Gasteiger partial charge in [0.05, 0.1) is 43.9 Å². The second-order valence-electron chi connectivity index (χ2n) is 14.7. The SMILES string of the molecule is Cn1c(Nc2c(Cl)ccc(CNC(=O)C(C)(C)C)c2Cl)nc2cc(C(=O)N[C@H]3CC[C@H](C(F)(F)F)CC3)c(N3CC4CCCC4C3)cc21. The molecule has 2 aromatic carbocycles. The van der Waals surface area contributed by atoms with Crippen molar-refractivity contribution in [3.8, 4) is 0 Å². The number of anilines is 3. The summed E-state index contributed by atoms with van der Waals surface area (Å²) in [6.45, 7) is 7.45. The third-order valence-electron chi connectivity index (χ3n) is 10.4. The molecule has 3 aromatic rings. The predicted octanol–water partition coefficient (Wildman–Crippen LogP) is 8.37. The van der Waals surface area contributed by atoms with Gasteiger partial charge in [0.2, 0.25) is 11.9 Å². The van der Waals surface area contributed by atoms with Crippen LogP contribution in [-0.4, -0.2) is 46.7 Å². The predicted molar refractivity (Wildman–Crippen MR) is 184 cm³/mol. The fourth-order valence-electron chi connectivity index (χ4n) is 7.44. The normalized spacial score (nSPS) is 23.0. The standard InChI is InChI=1S/C35H43Cl2F3N6O2/c1-34(2,3)32(48)41-16-19-8-13-25(36)30(29(19)37)44-33-43-26-14-24(31(47)42-23-11-9-22(10-12-23)35(38,39)40)27(15-28(26)45(33)4)46-17-20-6-5-7-21(20)18-46/h8,13-15,20-23H,5-7,9-12,16-18H2,1-4H3,(H,41,48)(H,42,47)(H,43,44)/t20?,21?,22-,23-. The Bertz CT molecular complexity index is 1700. The van der Waals surface area contributed by atoms with Crippen molar-refractivity contribution in [3.05, 3.63) is 45.4 Å². The highest BCUT2D eigenvalue weighted by molar-refractivity contribution is 6.39. The Morgan fingerprint density at radius 1 is 0.979 bits per heavy atom. The highest BCUT2D eigenvalue weighted by Gasteiger charge is 2.42. The Labute approximate surface area is 289 Å². The Balaban J connectivity index is 1.29. The van der Waals surface area contributed by atoms with Crippen molar-refractivity contribution in [2.24, 2.45) is 30.2 Å². The molecule has 2 atom stereocenters. The van der Waals surface area contributed by atoms with E-state index in [2.05, 4.69) is 20.9 Å². The van der Waals surface area contributed by atoms with Gasteiger partial charge in [-0.15, -0.1) is 0 Å². The van der Waals surface area contributed by atoms with E-state index in [0.717, 1.165) is 24.3 Å². The monoisotopic (exact) mass is 706 g/mol. The molecule has 2 heterocycles. The van der Waals surface area contributed by atoms with E-state index in [1.807, 2.05) is 38.5 Å². The molecule has 1 aliphatic heterocycles. The quantitative estimate of drug-likeness (QED) is 0.230. The molecule has 6 rings (SSSR count). The van der Waals surface area contributed by atoms with Crippen LogP contribution in [0.5, 0.6) is 0 Å². The zero-order valence-corrected chi connectivity index (χ0v) is 29.2. The average Bonchev–Trinajstić information content (AvgIpc) is 3.71. The number of imidazole rings is 1. The summed E-state index contributed by atoms with van der Waals surface area (Å²) < 4.78 is 41.7. The van der Waals surface area contributed by atoms with Gasteiger partial charge in [-0.3, -0.25) is 9.59 Å². The fraction of sp³-hybridized carbons (Fsp3) is 0.571. The summed E-state index contributed by atoms with van der Waals surface area (Å²) in [5.74, 6) is -0.0891. The minimum Gasteiger partial charge on any atom is -0.370 e. The Morgan fingerprint density at radius 3 is 2.27 bits per heavy atom. The molecule has 2 aliphatic carbocycles. The van der Waals surface area contributed by atoms with Gasteiger partial charge < -0.3 is 25.4 Å². The number of benzene rings is 2. The molecule has 2 unspecified atom stereocenters. The van der Waals surface area contributed by atoms with Gasteiger partial charge in [-0.2, -0.15) is 13.2 Å². The third-order valence-corrected chi connectivity index (χ3v) is 11.1. The molecule has 3 N–H and O–H groups in total. The van der Waals surface area contributed by atoms with Crippen molar-refractivity contribution in [2.75, 3.05) is 23.3 Å². The van der Waals surface area contributed by atoms with Crippen LogP contribution in [0.25, 0.3) is 11.0 Å². The maximum absolute atomic E-state index is 13.9. The van der Waals surface area contributed by atoms with Gasteiger partial charge >= 0.3 is 6.18 Å². The van der Waals surface area contributed by atoms with Crippen LogP contribution in [-0.2, 0) is 18.4 Å². The summed E-state index contributed by atoms with van der Waals surface area (Å²) in [5, 5.41) is 9.98. The summed E-state index contributed by atoms with van der Waals surface area (Å²) in [7, 11) is 1.87. The number of aromatic nitrogens is 2. The lowest BCUT2D eigenvalue weighted by Crippen LogP contribution is -2.40. The number of halogens is 5. The topological polar surface area (TPSA) is 91.3 Å². The first-order valence-electron chi connectivity index (χ1n) is 16.8. The molecule has 1 saturated heterocycles. The lowest BCUT2D eigenvalue weighted by atomic mass is 9.85. The van der Waals surface area contributed by atoms with Gasteiger partial charge in [-0.05, 0) is 74.1 Å². The zero-order chi connectivity index (χ0) is 34.5. The number of nitrogens with zero attached hydrogens (tertiary/aromatic N) is 3. The second kappa shape index (κ2) is 13.3. The van der Waals surface area contributed by atoms with Gasteiger partial charge in [0, 0.05) is 38.1 Å². The lowest BCUT2D eigenvalue weighted by Gasteiger charge is -2.31. The molecular formula is C35H43Cl2F3N6O2. The molecule has 48 heavy (non-hydrogen) atoms. The number of amides is 2. The van der Waals surface area contributed by atoms with Crippen LogP contribution in [0.2, 0.25) is 10.0 Å². The molecule has 13 heteroatoms. The van der Waals surface area contributed by atoms with E-state index in [1.54, 1.807) is 18.2 Å². The second-order valence-corrected chi connectivity index (χ2v) is 15.5. The Kier molecular flexibility index (Phi) is 9.58. The van der Waals surface area contributed by atoms with E-state index in [1.165, 1.54) is 19.3 Å². The number of rotatable bonds is 7. The van der Waals surface area contributed by atoms with Gasteiger partial charge in [-0.1, -0.05) is 56.5 Å². The van der Waals surface area contributed by atoms with Crippen molar-refractivity contribution in [1.82, 2.24) is 20.2 Å². The van der Waals surface area contributed by atoms with Crippen LogP contribution in [0.4, 0.5) is 30.5 Å². The van der Waals surface area contributed by atoms with Crippen molar-refractivity contribution >= 4 is 63.4 Å². The van der Waals surface area contributed by atoms with Crippen molar-refractivity contribution < 1.29 is 22.8 Å². The maximum Gasteiger partial charge on any atom is 0.391 e. The maximum atomic E-state index is 13.9. The summed E-state index contributed by atoms with van der Waals surface area (Å²) in [6, 6.07) is 6.94. The van der Waals surface area contributed by atoms with Gasteiger partial charge in [0.1, 0.15) is 0 Å². The number of hydrogen-bond acceptors (Lipinski definition) is 5. The smallest absolute Gasteiger partial charge is 0.370 e. The molecule has 2 saturated carbocycles. The van der Waals surface area contributed by atoms with Crippen LogP contribution >= 0.6 is 23.2 Å². The van der Waals surface area contributed by atoms with E-state index in [0.29, 0.717) is 63.0 Å². The molecule has 8 nitrogen and oxygen atoms in total. The number of nitrogens with one attached hydrogen (secondary N) is 3. The number of fused-ring (bicyclic) bond motifs is 2. The Morgan fingerprint density at radius 2 is 1.65 bits per heavy atom. The molecule has 0 radical (unpaired) electrons. The number of alkyl halides is 3. The minimum absolute atomic E-state index is 0.0143. The molecule has 0 bridgehead atoms. The van der Waals surface area contributed by atoms with E-state index in [-0.39, 0.29) is 37.2 Å². The molecular weight excluding hydrogens is 664 g/mol. The molecule has 1 aromatic heterocycles. The number of carbonyl (C=O) groups excluding carboxylic acids is 2. The van der Waals surface area contributed by atoms with E-state index in [4.69, 9.17) is 28.2 Å². The van der Waals surface area contributed by atoms with Crippen LogP contribution in [0, 0.1) is 23.2 Å². The fourth-order valence-corrected chi connectivity index (χ4v) is 7.97. The van der Waals surface area contributed by atoms with Gasteiger partial charge in [0.25, 0.3) is 5.91 Å². The zero-order valence-electron chi connectivity index (χ0n) is 27.7. The third kappa shape index (κ3) is 7.08. The minimum atomic E-state index is -4.20. The van der Waals surface area contributed by atoms with E-state index < -0.39 is 17.5 Å². The molecule has 3 aliphatic rings. The summed E-state index contributed by atoms with van der Waals surface area (Å²) in [4.78, 5) is 33.4. The van der Waals surface area contributed by atoms with Crippen LogP contribution in [0.15, 0.2) is 24.3 Å². The van der Waals surface area contributed by atoms with Crippen LogP contribution < -0.4 is 20.9 Å². The van der Waals surface area contributed by atoms with E-state index in [9.17, 15) is 22.8 Å². The number of carbonyl (C=O) groups is 2. The van der Waals surface area contributed by atoms with Crippen molar-refractivity contribution in [2.45, 2.75) is 84.5 Å². The summed E-state index contributed by atoms with van der Waals surface area (Å²) in [6.07, 6.45) is -0.0210. The highest BCUT2D eigenvalue weighted by atomic mass is 35.5. The largest absolute Gasteiger partial charge is 0.391 e. The molecule has 2 amide bonds. The van der Waals surface area contributed by atoms with Crippen LogP contribution in [0.1, 0.15) is 81.6 Å². The lowest BCUT2D eigenvalue weighted by molar-refractivity contribution is -0.182. The van der Waals surface area contributed by atoms with Crippen molar-refractivity contribution in [1.29, 1.82) is 0 Å². The summed E-state index contributed by atoms with van der Waals surface area (Å²) >= 11 is 13.4. The van der Waals surface area contributed by atoms with Gasteiger partial charge in [0.15, 0.2) is 0 Å². The summed E-state index contributed by atoms with van der Waals surface area (Å²) in [5.41, 5.74) is 3.23. The number of hydrogen-bond donors (Lipinski definition) is 3. The van der Waals surface area contributed by atoms with Crippen molar-refractivity contribution in [3.63, 3.8) is 0 Å². The highest BCUT2D eigenvalue weighted by Crippen LogP contribution is 2.43. The molecule has 260 valence electrons. The molecule has 3 fully saturated rings. The first-order chi connectivity index (χ1) is 22.6. The van der Waals surface area contributed by atoms with E-state index >= 15 is 0 Å². The number of aryl methyl sites for hydroxylation is 1. The molecule has 0 spiro atoms. The Hall–Kier alpha value is -3.18. The average molecular weight is 708 g/mol. The first kappa shape index (κ1) is 34.7. The van der Waals surface area contributed by atoms with Crippen LogP contribution in [0.3, 0.4) is 0 Å². The first-order valence-corrected chi connectivity index (χ1v) is 17.5. The van der Waals surface area contributed by atoms with Gasteiger partial charge in [-0.25, -0.2) is 4.98 Å².